The van der Waals surface area contributed by atoms with E-state index in [1.807, 2.05) is 20.8 Å². The predicted molar refractivity (Wildman–Crippen MR) is 111 cm³/mol. The molecule has 6 heteroatoms. The summed E-state index contributed by atoms with van der Waals surface area (Å²) >= 11 is 2.39. The topological polar surface area (TPSA) is 58.8 Å². The van der Waals surface area contributed by atoms with Gasteiger partial charge in [-0.05, 0) is 86.4 Å². The van der Waals surface area contributed by atoms with Gasteiger partial charge in [0.25, 0.3) is 0 Å². The zero-order valence-corrected chi connectivity index (χ0v) is 18.4. The van der Waals surface area contributed by atoms with E-state index < -0.39 is 5.60 Å². The fourth-order valence-electron chi connectivity index (χ4n) is 3.13. The number of carbonyl (C=O) groups is 1. The molecule has 0 bridgehead atoms. The minimum atomic E-state index is -0.446. The minimum absolute atomic E-state index is 0.214. The number of halogens is 1. The van der Waals surface area contributed by atoms with Gasteiger partial charge in [-0.3, -0.25) is 4.90 Å². The fraction of sp³-hybridized carbons (Fsp3) is 0.632. The summed E-state index contributed by atoms with van der Waals surface area (Å²) in [7, 11) is 0. The third kappa shape index (κ3) is 4.78. The van der Waals surface area contributed by atoms with Crippen LogP contribution in [0.2, 0.25) is 0 Å². The van der Waals surface area contributed by atoms with Gasteiger partial charge in [-0.1, -0.05) is 0 Å². The largest absolute Gasteiger partial charge is 0.444 e. The van der Waals surface area contributed by atoms with Crippen LogP contribution in [-0.2, 0) is 11.3 Å². The molecule has 2 N–H and O–H groups in total. The molecule has 1 aliphatic rings. The van der Waals surface area contributed by atoms with E-state index in [0.29, 0.717) is 13.1 Å². The van der Waals surface area contributed by atoms with Gasteiger partial charge >= 0.3 is 6.09 Å². The number of rotatable bonds is 2. The van der Waals surface area contributed by atoms with Gasteiger partial charge in [0.1, 0.15) is 5.60 Å². The van der Waals surface area contributed by atoms with E-state index in [4.69, 9.17) is 10.5 Å². The van der Waals surface area contributed by atoms with Crippen LogP contribution in [0.25, 0.3) is 0 Å². The van der Waals surface area contributed by atoms with Gasteiger partial charge in [-0.25, -0.2) is 4.79 Å². The molecule has 1 aromatic carbocycles. The number of piperazine rings is 1. The number of hydrogen-bond acceptors (Lipinski definition) is 4. The first-order valence-electron chi connectivity index (χ1n) is 8.75. The molecule has 0 saturated carbocycles. The van der Waals surface area contributed by atoms with E-state index in [0.717, 1.165) is 25.3 Å². The summed E-state index contributed by atoms with van der Waals surface area (Å²) < 4.78 is 6.72. The molecule has 1 heterocycles. The van der Waals surface area contributed by atoms with E-state index in [1.165, 1.54) is 25.8 Å². The Morgan fingerprint density at radius 1 is 1.08 bits per heavy atom. The highest BCUT2D eigenvalue weighted by atomic mass is 127. The van der Waals surface area contributed by atoms with Crippen molar-refractivity contribution in [3.8, 4) is 0 Å². The van der Waals surface area contributed by atoms with Crippen molar-refractivity contribution >= 4 is 34.4 Å². The summed E-state index contributed by atoms with van der Waals surface area (Å²) in [4.78, 5) is 16.4. The average Bonchev–Trinajstić information content (AvgIpc) is 2.54. The van der Waals surface area contributed by atoms with Crippen molar-refractivity contribution in [2.75, 3.05) is 31.9 Å². The first-order chi connectivity index (χ1) is 11.5. The Kier molecular flexibility index (Phi) is 6.25. The molecule has 1 aliphatic heterocycles. The number of nitrogens with zero attached hydrogens (tertiary/aromatic N) is 2. The van der Waals surface area contributed by atoms with Crippen LogP contribution in [0.1, 0.15) is 43.0 Å². The van der Waals surface area contributed by atoms with Crippen LogP contribution in [0.15, 0.2) is 0 Å². The first kappa shape index (κ1) is 20.3. The summed E-state index contributed by atoms with van der Waals surface area (Å²) in [6.45, 7) is 16.0. The van der Waals surface area contributed by atoms with Gasteiger partial charge in [0.15, 0.2) is 0 Å². The van der Waals surface area contributed by atoms with Gasteiger partial charge in [0, 0.05) is 42.0 Å². The molecule has 0 radical (unpaired) electrons. The number of amides is 1. The Hall–Kier alpha value is -1.02. The number of carbonyl (C=O) groups excluding carboxylic acids is 1. The maximum atomic E-state index is 12.2. The Labute approximate surface area is 165 Å². The van der Waals surface area contributed by atoms with Crippen molar-refractivity contribution in [1.82, 2.24) is 9.80 Å². The molecule has 1 fully saturated rings. The highest BCUT2D eigenvalue weighted by Crippen LogP contribution is 2.31. The van der Waals surface area contributed by atoms with Crippen LogP contribution in [0.5, 0.6) is 0 Å². The molecule has 1 amide bonds. The zero-order chi connectivity index (χ0) is 18.9. The lowest BCUT2D eigenvalue weighted by Crippen LogP contribution is -2.49. The van der Waals surface area contributed by atoms with Gasteiger partial charge < -0.3 is 15.4 Å². The Balaban J connectivity index is 2.03. The highest BCUT2D eigenvalue weighted by molar-refractivity contribution is 14.1. The van der Waals surface area contributed by atoms with Crippen LogP contribution < -0.4 is 5.73 Å². The average molecular weight is 459 g/mol. The van der Waals surface area contributed by atoms with Crippen molar-refractivity contribution in [2.24, 2.45) is 0 Å². The standard InChI is InChI=1S/C19H30IN3O2/c1-12-15(13(2)17(21)14(3)16(12)20)11-22-7-9-23(10-8-22)18(24)25-19(4,5)6/h7-11,21H2,1-6H3. The molecule has 0 spiro atoms. The molecule has 0 aliphatic carbocycles. The summed E-state index contributed by atoms with van der Waals surface area (Å²) in [5, 5.41) is 0. The summed E-state index contributed by atoms with van der Waals surface area (Å²) in [6.07, 6.45) is -0.214. The molecular formula is C19H30IN3O2. The predicted octanol–water partition coefficient (Wildman–Crippen LogP) is 3.85. The summed E-state index contributed by atoms with van der Waals surface area (Å²) in [6, 6.07) is 0. The quantitative estimate of drug-likeness (QED) is 0.539. The van der Waals surface area contributed by atoms with E-state index in [9.17, 15) is 4.79 Å². The normalized spacial score (nSPS) is 16.2. The smallest absolute Gasteiger partial charge is 0.410 e. The Morgan fingerprint density at radius 3 is 2.16 bits per heavy atom. The lowest BCUT2D eigenvalue weighted by molar-refractivity contribution is 0.0138. The van der Waals surface area contributed by atoms with Crippen molar-refractivity contribution in [3.05, 3.63) is 25.8 Å². The molecule has 140 valence electrons. The van der Waals surface area contributed by atoms with Crippen LogP contribution >= 0.6 is 22.6 Å². The maximum absolute atomic E-state index is 12.2. The number of benzene rings is 1. The van der Waals surface area contributed by atoms with Gasteiger partial charge in [-0.15, -0.1) is 0 Å². The van der Waals surface area contributed by atoms with E-state index >= 15 is 0 Å². The second-order valence-corrected chi connectivity index (χ2v) is 8.90. The van der Waals surface area contributed by atoms with Crippen LogP contribution in [0, 0.1) is 24.3 Å². The van der Waals surface area contributed by atoms with E-state index in [2.05, 4.69) is 48.3 Å². The van der Waals surface area contributed by atoms with Crippen LogP contribution in [0.3, 0.4) is 0 Å². The molecular weight excluding hydrogens is 429 g/mol. The monoisotopic (exact) mass is 459 g/mol. The number of nitrogen functional groups attached to an aromatic ring is 1. The summed E-state index contributed by atoms with van der Waals surface area (Å²) in [5.74, 6) is 0. The number of ether oxygens (including phenoxy) is 1. The van der Waals surface area contributed by atoms with Gasteiger partial charge in [0.05, 0.1) is 0 Å². The summed E-state index contributed by atoms with van der Waals surface area (Å²) in [5.41, 5.74) is 11.7. The number of nitrogens with two attached hydrogens (primary N) is 1. The minimum Gasteiger partial charge on any atom is -0.444 e. The Morgan fingerprint density at radius 2 is 1.64 bits per heavy atom. The van der Waals surface area contributed by atoms with Crippen molar-refractivity contribution < 1.29 is 9.53 Å². The van der Waals surface area contributed by atoms with Crippen LogP contribution in [-0.4, -0.2) is 47.7 Å². The molecule has 0 aromatic heterocycles. The maximum Gasteiger partial charge on any atom is 0.410 e. The Bertz CT molecular complexity index is 631. The second-order valence-electron chi connectivity index (χ2n) is 7.82. The van der Waals surface area contributed by atoms with Crippen molar-refractivity contribution in [1.29, 1.82) is 0 Å². The molecule has 5 nitrogen and oxygen atoms in total. The lowest BCUT2D eigenvalue weighted by Gasteiger charge is -2.36. The van der Waals surface area contributed by atoms with E-state index in [1.54, 1.807) is 4.90 Å². The molecule has 1 saturated heterocycles. The van der Waals surface area contributed by atoms with E-state index in [-0.39, 0.29) is 6.09 Å². The highest BCUT2D eigenvalue weighted by Gasteiger charge is 2.26. The second kappa shape index (κ2) is 7.70. The number of anilines is 1. The molecule has 0 unspecified atom stereocenters. The first-order valence-corrected chi connectivity index (χ1v) is 9.83. The number of hydrogen-bond donors (Lipinski definition) is 1. The van der Waals surface area contributed by atoms with Crippen molar-refractivity contribution in [3.63, 3.8) is 0 Å². The fourth-order valence-corrected chi connectivity index (χ4v) is 3.75. The SMILES string of the molecule is Cc1c(N)c(C)c(CN2CCN(C(=O)OC(C)(C)C)CC2)c(C)c1I. The molecule has 2 rings (SSSR count). The molecule has 25 heavy (non-hydrogen) atoms. The van der Waals surface area contributed by atoms with Gasteiger partial charge in [-0.2, -0.15) is 0 Å². The van der Waals surface area contributed by atoms with Gasteiger partial charge in [0.2, 0.25) is 0 Å². The molecule has 0 atom stereocenters. The zero-order valence-electron chi connectivity index (χ0n) is 16.2. The molecule has 1 aromatic rings. The third-order valence-corrected chi connectivity index (χ3v) is 6.40. The third-order valence-electron chi connectivity index (χ3n) is 4.78. The lowest BCUT2D eigenvalue weighted by atomic mass is 9.97. The van der Waals surface area contributed by atoms with Crippen LogP contribution in [0.4, 0.5) is 10.5 Å². The van der Waals surface area contributed by atoms with Crippen molar-refractivity contribution in [2.45, 2.75) is 53.7 Å².